The van der Waals surface area contributed by atoms with Gasteiger partial charge in [-0.3, -0.25) is 0 Å². The molecule has 0 aliphatic carbocycles. The second-order valence-electron chi connectivity index (χ2n) is 4.94. The van der Waals surface area contributed by atoms with E-state index in [9.17, 15) is 21.6 Å². The number of hydrogen-bond acceptors (Lipinski definition) is 4. The van der Waals surface area contributed by atoms with Crippen molar-refractivity contribution >= 4 is 26.0 Å². The van der Waals surface area contributed by atoms with Crippen molar-refractivity contribution in [3.8, 4) is 17.1 Å². The van der Waals surface area contributed by atoms with Gasteiger partial charge in [0.15, 0.2) is 11.5 Å². The summed E-state index contributed by atoms with van der Waals surface area (Å²) in [4.78, 5) is -0.168. The fourth-order valence-electron chi connectivity index (χ4n) is 2.17. The molecule has 0 unspecified atom stereocenters. The SMILES string of the molecule is NS(=O)(=O)c1ccc(-n2nc(C(F)(F)F)c(Br)c2-c2ccco2)cc1. The third kappa shape index (κ3) is 3.34. The summed E-state index contributed by atoms with van der Waals surface area (Å²) in [5.74, 6) is 0.158. The predicted octanol–water partition coefficient (Wildman–Crippen LogP) is 3.56. The Morgan fingerprint density at radius 2 is 1.80 bits per heavy atom. The van der Waals surface area contributed by atoms with Gasteiger partial charge in [-0.15, -0.1) is 0 Å². The van der Waals surface area contributed by atoms with Crippen LogP contribution in [0.2, 0.25) is 0 Å². The van der Waals surface area contributed by atoms with Crippen molar-refractivity contribution < 1.29 is 26.0 Å². The van der Waals surface area contributed by atoms with Crippen LogP contribution in [0.5, 0.6) is 0 Å². The average molecular weight is 436 g/mol. The Hall–Kier alpha value is -2.11. The molecule has 2 heterocycles. The highest BCUT2D eigenvalue weighted by Gasteiger charge is 2.39. The molecule has 25 heavy (non-hydrogen) atoms. The molecule has 3 aromatic rings. The number of furan rings is 1. The zero-order chi connectivity index (χ0) is 18.4. The number of aromatic nitrogens is 2. The normalized spacial score (nSPS) is 12.5. The van der Waals surface area contributed by atoms with Crippen LogP contribution < -0.4 is 5.14 Å². The van der Waals surface area contributed by atoms with Crippen LogP contribution in [0.4, 0.5) is 13.2 Å². The van der Waals surface area contributed by atoms with E-state index >= 15 is 0 Å². The summed E-state index contributed by atoms with van der Waals surface area (Å²) in [6, 6.07) is 7.96. The Morgan fingerprint density at radius 3 is 2.28 bits per heavy atom. The second-order valence-corrected chi connectivity index (χ2v) is 7.29. The molecule has 0 bridgehead atoms. The van der Waals surface area contributed by atoms with Gasteiger partial charge in [0.2, 0.25) is 10.0 Å². The standard InChI is InChI=1S/C14H9BrF3N3O3S/c15-11-12(10-2-1-7-24-10)21(20-13(11)14(16,17)18)8-3-5-9(6-4-8)25(19,22)23/h1-7H,(H2,19,22,23). The molecule has 2 aromatic heterocycles. The van der Waals surface area contributed by atoms with E-state index < -0.39 is 21.9 Å². The lowest BCUT2D eigenvalue weighted by atomic mass is 10.2. The summed E-state index contributed by atoms with van der Waals surface area (Å²) < 4.78 is 68.1. The highest BCUT2D eigenvalue weighted by Crippen LogP contribution is 2.41. The number of sulfonamides is 1. The maximum Gasteiger partial charge on any atom is 0.436 e. The molecule has 0 atom stereocenters. The number of hydrogen-bond donors (Lipinski definition) is 1. The van der Waals surface area contributed by atoms with Gasteiger partial charge in [-0.25, -0.2) is 18.2 Å². The van der Waals surface area contributed by atoms with E-state index in [1.54, 1.807) is 0 Å². The van der Waals surface area contributed by atoms with Crippen LogP contribution in [0.3, 0.4) is 0 Å². The largest absolute Gasteiger partial charge is 0.463 e. The first kappa shape index (κ1) is 17.7. The molecule has 3 rings (SSSR count). The fraction of sp³-hybridized carbons (Fsp3) is 0.0714. The summed E-state index contributed by atoms with van der Waals surface area (Å²) in [5, 5.41) is 8.62. The average Bonchev–Trinajstić information content (AvgIpc) is 3.13. The molecule has 0 radical (unpaired) electrons. The van der Waals surface area contributed by atoms with E-state index in [0.29, 0.717) is 0 Å². The van der Waals surface area contributed by atoms with Crippen molar-refractivity contribution in [1.82, 2.24) is 9.78 Å². The summed E-state index contributed by atoms with van der Waals surface area (Å²) >= 11 is 2.92. The first-order valence-corrected chi connectivity index (χ1v) is 8.96. The van der Waals surface area contributed by atoms with Crippen LogP contribution in [0.1, 0.15) is 5.69 Å². The number of benzene rings is 1. The summed E-state index contributed by atoms with van der Waals surface area (Å²) in [5.41, 5.74) is -0.884. The number of nitrogens with zero attached hydrogens (tertiary/aromatic N) is 2. The van der Waals surface area contributed by atoms with Gasteiger partial charge in [0, 0.05) is 0 Å². The Labute approximate surface area is 148 Å². The number of halogens is 4. The van der Waals surface area contributed by atoms with E-state index in [2.05, 4.69) is 21.0 Å². The van der Waals surface area contributed by atoms with Crippen LogP contribution in [-0.4, -0.2) is 18.2 Å². The minimum atomic E-state index is -4.69. The lowest BCUT2D eigenvalue weighted by molar-refractivity contribution is -0.141. The number of rotatable bonds is 3. The summed E-state index contributed by atoms with van der Waals surface area (Å²) in [7, 11) is -3.92. The maximum absolute atomic E-state index is 13.2. The highest BCUT2D eigenvalue weighted by molar-refractivity contribution is 9.10. The predicted molar refractivity (Wildman–Crippen MR) is 85.3 cm³/mol. The van der Waals surface area contributed by atoms with Crippen molar-refractivity contribution in [1.29, 1.82) is 0 Å². The Kier molecular flexibility index (Phi) is 4.25. The first-order valence-electron chi connectivity index (χ1n) is 6.62. The lowest BCUT2D eigenvalue weighted by Gasteiger charge is -2.07. The zero-order valence-corrected chi connectivity index (χ0v) is 14.6. The summed E-state index contributed by atoms with van der Waals surface area (Å²) in [6.45, 7) is 0. The Bertz CT molecular complexity index is 1010. The van der Waals surface area contributed by atoms with Gasteiger partial charge in [-0.05, 0) is 52.3 Å². The molecule has 0 spiro atoms. The molecule has 1 aromatic carbocycles. The van der Waals surface area contributed by atoms with Gasteiger partial charge in [-0.1, -0.05) is 0 Å². The smallest absolute Gasteiger partial charge is 0.436 e. The van der Waals surface area contributed by atoms with Gasteiger partial charge < -0.3 is 4.42 Å². The quantitative estimate of drug-likeness (QED) is 0.680. The zero-order valence-electron chi connectivity index (χ0n) is 12.2. The van der Waals surface area contributed by atoms with Crippen molar-refractivity contribution in [2.24, 2.45) is 5.14 Å². The molecular weight excluding hydrogens is 427 g/mol. The van der Waals surface area contributed by atoms with Crippen LogP contribution >= 0.6 is 15.9 Å². The molecule has 6 nitrogen and oxygen atoms in total. The van der Waals surface area contributed by atoms with Crippen molar-refractivity contribution in [3.05, 3.63) is 52.8 Å². The second kappa shape index (κ2) is 6.00. The van der Waals surface area contributed by atoms with Gasteiger partial charge in [0.05, 0.1) is 21.3 Å². The molecule has 2 N–H and O–H groups in total. The molecule has 0 aliphatic rings. The van der Waals surface area contributed by atoms with Gasteiger partial charge in [0.1, 0.15) is 5.69 Å². The number of nitrogens with two attached hydrogens (primary N) is 1. The molecule has 0 aliphatic heterocycles. The van der Waals surface area contributed by atoms with E-state index in [0.717, 1.165) is 4.68 Å². The number of alkyl halides is 3. The minimum absolute atomic E-state index is 0.0423. The molecule has 0 saturated heterocycles. The lowest BCUT2D eigenvalue weighted by Crippen LogP contribution is -2.12. The Balaban J connectivity index is 2.22. The van der Waals surface area contributed by atoms with Gasteiger partial charge in [0.25, 0.3) is 0 Å². The molecule has 11 heteroatoms. The van der Waals surface area contributed by atoms with Crippen LogP contribution in [0.25, 0.3) is 17.1 Å². The molecular formula is C14H9BrF3N3O3S. The van der Waals surface area contributed by atoms with Crippen LogP contribution in [0, 0.1) is 0 Å². The Morgan fingerprint density at radius 1 is 1.16 bits per heavy atom. The minimum Gasteiger partial charge on any atom is -0.463 e. The first-order chi connectivity index (χ1) is 11.6. The third-order valence-corrected chi connectivity index (χ3v) is 4.94. The van der Waals surface area contributed by atoms with E-state index in [-0.39, 0.29) is 26.5 Å². The highest BCUT2D eigenvalue weighted by atomic mass is 79.9. The molecule has 0 fully saturated rings. The number of primary sulfonamides is 1. The van der Waals surface area contributed by atoms with Gasteiger partial charge >= 0.3 is 6.18 Å². The van der Waals surface area contributed by atoms with Crippen molar-refractivity contribution in [3.63, 3.8) is 0 Å². The van der Waals surface area contributed by atoms with E-state index in [1.165, 1.54) is 42.7 Å². The monoisotopic (exact) mass is 435 g/mol. The fourth-order valence-corrected chi connectivity index (χ4v) is 3.35. The maximum atomic E-state index is 13.2. The van der Waals surface area contributed by atoms with E-state index in [1.807, 2.05) is 0 Å². The molecule has 0 amide bonds. The van der Waals surface area contributed by atoms with Crippen molar-refractivity contribution in [2.45, 2.75) is 11.1 Å². The third-order valence-electron chi connectivity index (χ3n) is 3.26. The van der Waals surface area contributed by atoms with E-state index in [4.69, 9.17) is 9.56 Å². The molecule has 132 valence electrons. The van der Waals surface area contributed by atoms with Crippen LogP contribution in [0.15, 0.2) is 56.4 Å². The topological polar surface area (TPSA) is 91.1 Å². The van der Waals surface area contributed by atoms with Crippen LogP contribution in [-0.2, 0) is 16.2 Å². The molecule has 0 saturated carbocycles. The van der Waals surface area contributed by atoms with Gasteiger partial charge in [-0.2, -0.15) is 18.3 Å². The van der Waals surface area contributed by atoms with Crippen molar-refractivity contribution in [2.75, 3.05) is 0 Å². The summed E-state index contributed by atoms with van der Waals surface area (Å²) in [6.07, 6.45) is -3.37.